The van der Waals surface area contributed by atoms with Gasteiger partial charge in [-0.05, 0) is 20.3 Å². The molecule has 1 fully saturated rings. The number of carbonyl (C=O) groups is 1. The van der Waals surface area contributed by atoms with Crippen LogP contribution in [0.5, 0.6) is 0 Å². The number of carbonyl (C=O) groups excluding carboxylic acids is 1. The molecule has 0 radical (unpaired) electrons. The molecule has 2 atom stereocenters. The van der Waals surface area contributed by atoms with Crippen molar-refractivity contribution in [2.24, 2.45) is 7.05 Å². The molecule has 1 N–H and O–H groups in total. The maximum Gasteiger partial charge on any atom is 0.244 e. The summed E-state index contributed by atoms with van der Waals surface area (Å²) < 4.78 is 26.2. The first-order valence-corrected chi connectivity index (χ1v) is 8.98. The Bertz CT molecular complexity index is 801. The Morgan fingerprint density at radius 2 is 2.18 bits per heavy atom. The third kappa shape index (κ3) is 2.60. The van der Waals surface area contributed by atoms with Gasteiger partial charge in [0, 0.05) is 13.1 Å². The molecule has 22 heavy (non-hydrogen) atoms. The Morgan fingerprint density at radius 3 is 2.77 bits per heavy atom. The maximum atomic E-state index is 12.3. The van der Waals surface area contributed by atoms with Crippen LogP contribution in [0.2, 0.25) is 0 Å². The lowest BCUT2D eigenvalue weighted by Gasteiger charge is -2.16. The molecule has 0 saturated carbocycles. The highest BCUT2D eigenvalue weighted by molar-refractivity contribution is 7.91. The normalized spacial score (nSPS) is 22.0. The Labute approximate surface area is 128 Å². The zero-order valence-electron chi connectivity index (χ0n) is 12.8. The molecule has 3 heterocycles. The first-order valence-electron chi connectivity index (χ1n) is 7.16. The highest BCUT2D eigenvalue weighted by atomic mass is 32.2. The van der Waals surface area contributed by atoms with Gasteiger partial charge in [-0.25, -0.2) is 8.42 Å². The van der Waals surface area contributed by atoms with Gasteiger partial charge in [0.25, 0.3) is 0 Å². The number of sulfone groups is 1. The molecule has 2 aromatic rings. The quantitative estimate of drug-likeness (QED) is 0.852. The van der Waals surface area contributed by atoms with E-state index in [4.69, 9.17) is 0 Å². The molecule has 9 heteroatoms. The SMILES string of the molecule is Cc1nn(C)c2cn([C@H](C)C(=O)N[C@H]3CCS(=O)(=O)C3)nc12. The Kier molecular flexibility index (Phi) is 3.47. The van der Waals surface area contributed by atoms with Crippen LogP contribution in [0.15, 0.2) is 6.20 Å². The molecular formula is C13H19N5O3S. The van der Waals surface area contributed by atoms with Gasteiger partial charge in [-0.2, -0.15) is 10.2 Å². The van der Waals surface area contributed by atoms with Crippen molar-refractivity contribution < 1.29 is 13.2 Å². The summed E-state index contributed by atoms with van der Waals surface area (Å²) in [5.74, 6) is -0.0566. The molecule has 1 amide bonds. The van der Waals surface area contributed by atoms with Crippen molar-refractivity contribution in [1.29, 1.82) is 0 Å². The number of nitrogens with one attached hydrogen (secondary N) is 1. The fourth-order valence-electron chi connectivity index (χ4n) is 2.75. The van der Waals surface area contributed by atoms with E-state index in [1.54, 1.807) is 22.5 Å². The number of amides is 1. The van der Waals surface area contributed by atoms with E-state index in [0.29, 0.717) is 6.42 Å². The van der Waals surface area contributed by atoms with Gasteiger partial charge < -0.3 is 5.32 Å². The van der Waals surface area contributed by atoms with E-state index in [1.807, 2.05) is 14.0 Å². The molecule has 3 rings (SSSR count). The summed E-state index contributed by atoms with van der Waals surface area (Å²) in [7, 11) is -1.17. The predicted octanol–water partition coefficient (Wildman–Crippen LogP) is -0.0575. The molecule has 1 aliphatic rings. The van der Waals surface area contributed by atoms with Crippen LogP contribution in [-0.2, 0) is 21.7 Å². The van der Waals surface area contributed by atoms with E-state index < -0.39 is 15.9 Å². The van der Waals surface area contributed by atoms with Crippen LogP contribution in [0.3, 0.4) is 0 Å². The third-order valence-corrected chi connectivity index (χ3v) is 5.83. The molecule has 1 aliphatic heterocycles. The second kappa shape index (κ2) is 5.08. The molecule has 1 saturated heterocycles. The first-order chi connectivity index (χ1) is 10.3. The molecule has 0 aromatic carbocycles. The number of fused-ring (bicyclic) bond motifs is 1. The van der Waals surface area contributed by atoms with Crippen LogP contribution in [0, 0.1) is 6.92 Å². The van der Waals surface area contributed by atoms with Crippen LogP contribution < -0.4 is 5.32 Å². The smallest absolute Gasteiger partial charge is 0.244 e. The van der Waals surface area contributed by atoms with E-state index in [1.165, 1.54) is 0 Å². The van der Waals surface area contributed by atoms with Gasteiger partial charge in [0.15, 0.2) is 9.84 Å². The van der Waals surface area contributed by atoms with Crippen LogP contribution >= 0.6 is 0 Å². The van der Waals surface area contributed by atoms with E-state index >= 15 is 0 Å². The topological polar surface area (TPSA) is 98.9 Å². The Hall–Kier alpha value is -1.90. The number of hydrogen-bond donors (Lipinski definition) is 1. The number of rotatable bonds is 3. The van der Waals surface area contributed by atoms with Crippen molar-refractivity contribution >= 4 is 26.8 Å². The summed E-state index contributed by atoms with van der Waals surface area (Å²) in [5.41, 5.74) is 2.44. The molecule has 0 bridgehead atoms. The first kappa shape index (κ1) is 15.0. The van der Waals surface area contributed by atoms with Gasteiger partial charge in [-0.1, -0.05) is 0 Å². The second-order valence-electron chi connectivity index (χ2n) is 5.84. The lowest BCUT2D eigenvalue weighted by molar-refractivity contribution is -0.124. The fraction of sp³-hybridized carbons (Fsp3) is 0.615. The minimum Gasteiger partial charge on any atom is -0.350 e. The number of nitrogens with zero attached hydrogens (tertiary/aromatic N) is 4. The molecule has 120 valence electrons. The van der Waals surface area contributed by atoms with Crippen molar-refractivity contribution in [1.82, 2.24) is 24.9 Å². The van der Waals surface area contributed by atoms with Crippen LogP contribution in [0.25, 0.3) is 11.0 Å². The third-order valence-electron chi connectivity index (χ3n) is 4.06. The monoisotopic (exact) mass is 325 g/mol. The van der Waals surface area contributed by atoms with E-state index in [-0.39, 0.29) is 23.5 Å². The standard InChI is InChI=1S/C13H19N5O3S/c1-8-12-11(17(3)15-8)6-18(16-12)9(2)13(19)14-10-4-5-22(20,21)7-10/h6,9-10H,4-5,7H2,1-3H3,(H,14,19)/t9-,10+/m1/s1. The highest BCUT2D eigenvalue weighted by Gasteiger charge is 2.30. The minimum absolute atomic E-state index is 0.0234. The average Bonchev–Trinajstić information content (AvgIpc) is 3.07. The average molecular weight is 325 g/mol. The molecular weight excluding hydrogens is 306 g/mol. The maximum absolute atomic E-state index is 12.3. The van der Waals surface area contributed by atoms with Gasteiger partial charge >= 0.3 is 0 Å². The summed E-state index contributed by atoms with van der Waals surface area (Å²) in [6.07, 6.45) is 2.26. The van der Waals surface area contributed by atoms with Crippen LogP contribution in [-0.4, -0.2) is 51.4 Å². The summed E-state index contributed by atoms with van der Waals surface area (Å²) in [6, 6.07) is -0.802. The van der Waals surface area contributed by atoms with E-state index in [0.717, 1.165) is 16.7 Å². The lowest BCUT2D eigenvalue weighted by atomic mass is 10.2. The van der Waals surface area contributed by atoms with E-state index in [9.17, 15) is 13.2 Å². The van der Waals surface area contributed by atoms with Gasteiger partial charge in [0.2, 0.25) is 5.91 Å². The van der Waals surface area contributed by atoms with E-state index in [2.05, 4.69) is 15.5 Å². The fourth-order valence-corrected chi connectivity index (χ4v) is 4.43. The summed E-state index contributed by atoms with van der Waals surface area (Å²) in [4.78, 5) is 12.3. The molecule has 0 spiro atoms. The summed E-state index contributed by atoms with van der Waals surface area (Å²) in [6.45, 7) is 3.61. The summed E-state index contributed by atoms with van der Waals surface area (Å²) in [5, 5.41) is 11.5. The zero-order valence-corrected chi connectivity index (χ0v) is 13.6. The van der Waals surface area contributed by atoms with Crippen LogP contribution in [0.1, 0.15) is 25.1 Å². The van der Waals surface area contributed by atoms with Gasteiger partial charge in [0.05, 0.1) is 23.4 Å². The second-order valence-corrected chi connectivity index (χ2v) is 8.07. The van der Waals surface area contributed by atoms with Crippen molar-refractivity contribution in [3.63, 3.8) is 0 Å². The predicted molar refractivity (Wildman–Crippen MR) is 81.1 cm³/mol. The number of hydrogen-bond acceptors (Lipinski definition) is 5. The Morgan fingerprint density at radius 1 is 1.45 bits per heavy atom. The zero-order chi connectivity index (χ0) is 16.1. The van der Waals surface area contributed by atoms with Crippen molar-refractivity contribution in [3.05, 3.63) is 11.9 Å². The van der Waals surface area contributed by atoms with Gasteiger partial charge in [-0.3, -0.25) is 14.2 Å². The number of aromatic nitrogens is 4. The molecule has 0 unspecified atom stereocenters. The van der Waals surface area contributed by atoms with Crippen LogP contribution in [0.4, 0.5) is 0 Å². The van der Waals surface area contributed by atoms with Gasteiger partial charge in [0.1, 0.15) is 17.1 Å². The van der Waals surface area contributed by atoms with Gasteiger partial charge in [-0.15, -0.1) is 0 Å². The number of aryl methyl sites for hydroxylation is 2. The lowest BCUT2D eigenvalue weighted by Crippen LogP contribution is -2.39. The molecule has 8 nitrogen and oxygen atoms in total. The largest absolute Gasteiger partial charge is 0.350 e. The Balaban J connectivity index is 1.76. The summed E-state index contributed by atoms with van der Waals surface area (Å²) >= 11 is 0. The highest BCUT2D eigenvalue weighted by Crippen LogP contribution is 2.18. The van der Waals surface area contributed by atoms with Crippen molar-refractivity contribution in [3.8, 4) is 0 Å². The van der Waals surface area contributed by atoms with Crippen molar-refractivity contribution in [2.75, 3.05) is 11.5 Å². The molecule has 0 aliphatic carbocycles. The minimum atomic E-state index is -3.00. The molecule has 2 aromatic heterocycles. The van der Waals surface area contributed by atoms with Crippen molar-refractivity contribution in [2.45, 2.75) is 32.4 Å².